The maximum Gasteiger partial charge on any atom is 0.229 e. The van der Waals surface area contributed by atoms with Crippen LogP contribution in [0.25, 0.3) is 0 Å². The van der Waals surface area contributed by atoms with Crippen LogP contribution in [0.4, 0.5) is 0 Å². The summed E-state index contributed by atoms with van der Waals surface area (Å²) in [5.41, 5.74) is 0. The smallest absolute Gasteiger partial charge is 0.229 e. The quantitative estimate of drug-likeness (QED) is 0.844. The van der Waals surface area contributed by atoms with E-state index in [4.69, 9.17) is 4.52 Å². The van der Waals surface area contributed by atoms with E-state index in [0.717, 1.165) is 49.3 Å². The second kappa shape index (κ2) is 5.70. The predicted octanol–water partition coefficient (Wildman–Crippen LogP) is 2.54. The Balaban J connectivity index is 1.51. The van der Waals surface area contributed by atoms with Crippen LogP contribution >= 0.6 is 0 Å². The second-order valence-corrected chi connectivity index (χ2v) is 7.08. The SMILES string of the molecule is CC(C)c1nc([C@H]2CCCN2Cc2nnc(C3CC3)n2C)no1. The van der Waals surface area contributed by atoms with Crippen molar-refractivity contribution in [2.24, 2.45) is 7.05 Å². The van der Waals surface area contributed by atoms with Crippen molar-refractivity contribution in [2.45, 2.75) is 64.0 Å². The van der Waals surface area contributed by atoms with Gasteiger partial charge in [0, 0.05) is 18.9 Å². The highest BCUT2D eigenvalue weighted by Gasteiger charge is 2.33. The fourth-order valence-electron chi connectivity index (χ4n) is 3.32. The topological polar surface area (TPSA) is 72.9 Å². The minimum absolute atomic E-state index is 0.229. The van der Waals surface area contributed by atoms with E-state index in [-0.39, 0.29) is 12.0 Å². The molecule has 7 nitrogen and oxygen atoms in total. The van der Waals surface area contributed by atoms with E-state index in [2.05, 4.69) is 50.7 Å². The molecule has 23 heavy (non-hydrogen) atoms. The van der Waals surface area contributed by atoms with E-state index in [1.54, 1.807) is 0 Å². The van der Waals surface area contributed by atoms with Gasteiger partial charge in [-0.1, -0.05) is 19.0 Å². The first-order valence-corrected chi connectivity index (χ1v) is 8.59. The van der Waals surface area contributed by atoms with Crippen LogP contribution in [0.2, 0.25) is 0 Å². The maximum absolute atomic E-state index is 5.38. The molecule has 1 atom stereocenters. The zero-order valence-corrected chi connectivity index (χ0v) is 14.1. The number of rotatable bonds is 5. The summed E-state index contributed by atoms with van der Waals surface area (Å²) < 4.78 is 7.55. The van der Waals surface area contributed by atoms with Gasteiger partial charge in [0.15, 0.2) is 5.82 Å². The molecule has 2 fully saturated rings. The van der Waals surface area contributed by atoms with Crippen LogP contribution in [0.3, 0.4) is 0 Å². The summed E-state index contributed by atoms with van der Waals surface area (Å²) >= 11 is 0. The average Bonchev–Trinajstić information content (AvgIpc) is 2.95. The third kappa shape index (κ3) is 2.78. The highest BCUT2D eigenvalue weighted by atomic mass is 16.5. The van der Waals surface area contributed by atoms with Gasteiger partial charge in [0.1, 0.15) is 11.6 Å². The molecule has 1 aliphatic carbocycles. The Kier molecular flexibility index (Phi) is 3.67. The lowest BCUT2D eigenvalue weighted by molar-refractivity contribution is 0.226. The summed E-state index contributed by atoms with van der Waals surface area (Å²) in [6.07, 6.45) is 4.73. The van der Waals surface area contributed by atoms with Gasteiger partial charge < -0.3 is 9.09 Å². The molecule has 7 heteroatoms. The molecule has 1 saturated carbocycles. The lowest BCUT2D eigenvalue weighted by atomic mass is 10.2. The highest BCUT2D eigenvalue weighted by Crippen LogP contribution is 2.39. The van der Waals surface area contributed by atoms with Gasteiger partial charge >= 0.3 is 0 Å². The van der Waals surface area contributed by atoms with Gasteiger partial charge in [0.25, 0.3) is 0 Å². The van der Waals surface area contributed by atoms with Crippen molar-refractivity contribution in [2.75, 3.05) is 6.54 Å². The van der Waals surface area contributed by atoms with Crippen LogP contribution in [0.1, 0.15) is 80.8 Å². The number of hydrogen-bond donors (Lipinski definition) is 0. The lowest BCUT2D eigenvalue weighted by Crippen LogP contribution is -2.25. The minimum atomic E-state index is 0.229. The van der Waals surface area contributed by atoms with E-state index < -0.39 is 0 Å². The first kappa shape index (κ1) is 14.8. The third-order valence-electron chi connectivity index (χ3n) is 4.90. The van der Waals surface area contributed by atoms with Crippen LogP contribution in [0, 0.1) is 0 Å². The molecule has 1 saturated heterocycles. The Hall–Kier alpha value is -1.76. The molecule has 0 spiro atoms. The summed E-state index contributed by atoms with van der Waals surface area (Å²) in [7, 11) is 2.08. The van der Waals surface area contributed by atoms with Crippen molar-refractivity contribution in [3.05, 3.63) is 23.4 Å². The standard InChI is InChI=1S/C16H24N6O/c1-10(2)16-17-14(20-23-16)12-5-4-8-22(12)9-13-18-19-15(21(13)3)11-6-7-11/h10-12H,4-9H2,1-3H3/t12-/m1/s1. The Bertz CT molecular complexity index is 687. The molecule has 0 N–H and O–H groups in total. The molecule has 0 bridgehead atoms. The van der Waals surface area contributed by atoms with Crippen molar-refractivity contribution in [3.8, 4) is 0 Å². The minimum Gasteiger partial charge on any atom is -0.339 e. The molecule has 0 amide bonds. The number of hydrogen-bond acceptors (Lipinski definition) is 6. The van der Waals surface area contributed by atoms with Crippen LogP contribution in [0.5, 0.6) is 0 Å². The summed E-state index contributed by atoms with van der Waals surface area (Å²) in [6.45, 7) is 5.99. The summed E-state index contributed by atoms with van der Waals surface area (Å²) in [6, 6.07) is 0.229. The molecule has 0 unspecified atom stereocenters. The summed E-state index contributed by atoms with van der Waals surface area (Å²) in [5.74, 6) is 4.61. The zero-order chi connectivity index (χ0) is 16.0. The first-order valence-electron chi connectivity index (χ1n) is 8.59. The van der Waals surface area contributed by atoms with Crippen molar-refractivity contribution in [1.82, 2.24) is 29.8 Å². The predicted molar refractivity (Wildman–Crippen MR) is 83.8 cm³/mol. The molecule has 124 valence electrons. The van der Waals surface area contributed by atoms with Gasteiger partial charge in [-0.05, 0) is 32.2 Å². The molecule has 2 aromatic heterocycles. The number of aromatic nitrogens is 5. The number of likely N-dealkylation sites (tertiary alicyclic amines) is 1. The fraction of sp³-hybridized carbons (Fsp3) is 0.750. The van der Waals surface area contributed by atoms with Crippen molar-refractivity contribution < 1.29 is 4.52 Å². The van der Waals surface area contributed by atoms with Crippen LogP contribution in [0.15, 0.2) is 4.52 Å². The average molecular weight is 316 g/mol. The Labute approximate surface area is 136 Å². The highest BCUT2D eigenvalue weighted by molar-refractivity contribution is 5.08. The maximum atomic E-state index is 5.38. The molecular formula is C16H24N6O. The van der Waals surface area contributed by atoms with Gasteiger partial charge in [-0.25, -0.2) is 0 Å². The van der Waals surface area contributed by atoms with Crippen molar-refractivity contribution in [3.63, 3.8) is 0 Å². The second-order valence-electron chi connectivity index (χ2n) is 7.08. The lowest BCUT2D eigenvalue weighted by Gasteiger charge is -2.21. The van der Waals surface area contributed by atoms with Crippen LogP contribution < -0.4 is 0 Å². The van der Waals surface area contributed by atoms with Gasteiger partial charge in [0.2, 0.25) is 5.89 Å². The van der Waals surface area contributed by atoms with E-state index in [1.165, 1.54) is 12.8 Å². The molecular weight excluding hydrogens is 292 g/mol. The molecule has 4 rings (SSSR count). The van der Waals surface area contributed by atoms with E-state index in [1.807, 2.05) is 0 Å². The fourth-order valence-corrected chi connectivity index (χ4v) is 3.32. The Morgan fingerprint density at radius 1 is 1.22 bits per heavy atom. The van der Waals surface area contributed by atoms with Crippen LogP contribution in [-0.2, 0) is 13.6 Å². The summed E-state index contributed by atoms with van der Waals surface area (Å²) in [4.78, 5) is 6.99. The van der Waals surface area contributed by atoms with Crippen LogP contribution in [-0.4, -0.2) is 36.3 Å². The van der Waals surface area contributed by atoms with Crippen molar-refractivity contribution >= 4 is 0 Å². The normalized spacial score (nSPS) is 22.3. The zero-order valence-electron chi connectivity index (χ0n) is 14.1. The first-order chi connectivity index (χ1) is 11.1. The summed E-state index contributed by atoms with van der Waals surface area (Å²) in [5, 5.41) is 13.0. The van der Waals surface area contributed by atoms with E-state index >= 15 is 0 Å². The van der Waals surface area contributed by atoms with Gasteiger partial charge in [-0.2, -0.15) is 4.98 Å². The van der Waals surface area contributed by atoms with Gasteiger partial charge in [-0.3, -0.25) is 4.90 Å². The van der Waals surface area contributed by atoms with Gasteiger partial charge in [0.05, 0.1) is 12.6 Å². The molecule has 0 radical (unpaired) electrons. The van der Waals surface area contributed by atoms with Gasteiger partial charge in [-0.15, -0.1) is 10.2 Å². The van der Waals surface area contributed by atoms with E-state index in [9.17, 15) is 0 Å². The molecule has 3 heterocycles. The van der Waals surface area contributed by atoms with E-state index in [0.29, 0.717) is 5.92 Å². The largest absolute Gasteiger partial charge is 0.339 e. The van der Waals surface area contributed by atoms with Crippen molar-refractivity contribution in [1.29, 1.82) is 0 Å². The molecule has 2 aliphatic rings. The molecule has 0 aromatic carbocycles. The Morgan fingerprint density at radius 3 is 2.74 bits per heavy atom. The monoisotopic (exact) mass is 316 g/mol. The third-order valence-corrected chi connectivity index (χ3v) is 4.90. The molecule has 2 aromatic rings. The Morgan fingerprint density at radius 2 is 2.04 bits per heavy atom. The molecule has 1 aliphatic heterocycles. The number of nitrogens with zero attached hydrogens (tertiary/aromatic N) is 6.